The molecule has 2 amide bonds. The number of β-lactam (4-membered cyclic amide) rings is 1. The molecule has 2 N–H and O–H groups in total. The number of hydrogen-bond acceptors (Lipinski definition) is 5. The molecule has 1 saturated carbocycles. The van der Waals surface area contributed by atoms with Crippen LogP contribution in [-0.2, 0) is 14.4 Å². The summed E-state index contributed by atoms with van der Waals surface area (Å²) in [4.78, 5) is 40.4. The van der Waals surface area contributed by atoms with E-state index in [2.05, 4.69) is 0 Å². The Morgan fingerprint density at radius 1 is 1.27 bits per heavy atom. The fourth-order valence-corrected chi connectivity index (χ4v) is 5.96. The van der Waals surface area contributed by atoms with Crippen LogP contribution in [0.3, 0.4) is 0 Å². The van der Waals surface area contributed by atoms with Crippen molar-refractivity contribution in [3.63, 3.8) is 0 Å². The van der Waals surface area contributed by atoms with Crippen molar-refractivity contribution in [3.05, 3.63) is 10.6 Å². The first-order valence-electron chi connectivity index (χ1n) is 9.25. The number of aliphatic carboxylic acids is 1. The zero-order chi connectivity index (χ0) is 18.7. The summed E-state index contributed by atoms with van der Waals surface area (Å²) in [6, 6.07) is -0.276. The number of fused-ring (bicyclic) bond motifs is 1. The van der Waals surface area contributed by atoms with Crippen molar-refractivity contribution in [3.8, 4) is 0 Å². The van der Waals surface area contributed by atoms with Crippen LogP contribution in [-0.4, -0.2) is 68.3 Å². The summed E-state index contributed by atoms with van der Waals surface area (Å²) in [6.07, 6.45) is 2.02. The summed E-state index contributed by atoms with van der Waals surface area (Å²) < 4.78 is 0. The molecule has 5 atom stereocenters. The highest BCUT2D eigenvalue weighted by molar-refractivity contribution is 8.03. The van der Waals surface area contributed by atoms with Gasteiger partial charge in [0.1, 0.15) is 5.70 Å². The van der Waals surface area contributed by atoms with Crippen molar-refractivity contribution in [1.29, 1.82) is 0 Å². The third kappa shape index (κ3) is 2.65. The maximum Gasteiger partial charge on any atom is 0.353 e. The fraction of sp³-hybridized carbons (Fsp3) is 0.722. The maximum atomic E-state index is 12.4. The zero-order valence-corrected chi connectivity index (χ0v) is 15.7. The quantitative estimate of drug-likeness (QED) is 0.687. The van der Waals surface area contributed by atoms with Crippen molar-refractivity contribution in [2.75, 3.05) is 13.1 Å². The topological polar surface area (TPSA) is 98.2 Å². The maximum absolute atomic E-state index is 12.4. The minimum atomic E-state index is -1.09. The summed E-state index contributed by atoms with van der Waals surface area (Å²) in [5.74, 6) is -1.62. The molecule has 1 aliphatic carbocycles. The number of carbonyl (C=O) groups is 3. The van der Waals surface area contributed by atoms with Crippen molar-refractivity contribution in [1.82, 2.24) is 9.80 Å². The van der Waals surface area contributed by atoms with Gasteiger partial charge < -0.3 is 20.0 Å². The number of carbonyl (C=O) groups excluding carboxylic acids is 2. The van der Waals surface area contributed by atoms with E-state index in [1.807, 2.05) is 11.8 Å². The standard InChI is InChI=1S/C18H24N2O5S/c1-8-13-12(9(2)21)17(23)20(13)14(18(24)25)15(8)26-11-5-6-19(7-11)16(22)10-3-4-10/h8-13,21H,3-7H2,1-2H3,(H,24,25)/t8-,9-,11?,12-,13-/m1/s1. The van der Waals surface area contributed by atoms with E-state index in [1.165, 1.54) is 16.7 Å². The van der Waals surface area contributed by atoms with Crippen LogP contribution in [0.1, 0.15) is 33.1 Å². The molecule has 3 fully saturated rings. The predicted molar refractivity (Wildman–Crippen MR) is 94.9 cm³/mol. The number of hydrogen-bond donors (Lipinski definition) is 2. The van der Waals surface area contributed by atoms with Crippen LogP contribution >= 0.6 is 11.8 Å². The monoisotopic (exact) mass is 380 g/mol. The molecule has 0 aromatic rings. The second-order valence-electron chi connectivity index (χ2n) is 7.86. The Bertz CT molecular complexity index is 702. The van der Waals surface area contributed by atoms with Crippen LogP contribution in [0.25, 0.3) is 0 Å². The van der Waals surface area contributed by atoms with Gasteiger partial charge in [0.25, 0.3) is 0 Å². The lowest BCUT2D eigenvalue weighted by Gasteiger charge is -2.46. The van der Waals surface area contributed by atoms with E-state index in [0.29, 0.717) is 11.4 Å². The van der Waals surface area contributed by atoms with Crippen LogP contribution in [0, 0.1) is 17.8 Å². The average molecular weight is 380 g/mol. The van der Waals surface area contributed by atoms with Gasteiger partial charge in [0, 0.05) is 35.1 Å². The van der Waals surface area contributed by atoms with Crippen molar-refractivity contribution >= 4 is 29.5 Å². The number of aliphatic hydroxyl groups excluding tert-OH is 1. The second kappa shape index (κ2) is 6.27. The number of likely N-dealkylation sites (tertiary alicyclic amines) is 1. The Kier molecular flexibility index (Phi) is 4.30. The molecule has 0 aromatic heterocycles. The Morgan fingerprint density at radius 3 is 2.54 bits per heavy atom. The molecule has 7 nitrogen and oxygen atoms in total. The third-order valence-corrected chi connectivity index (χ3v) is 7.53. The second-order valence-corrected chi connectivity index (χ2v) is 9.20. The van der Waals surface area contributed by atoms with E-state index < -0.39 is 18.0 Å². The number of aliphatic hydroxyl groups is 1. The zero-order valence-electron chi connectivity index (χ0n) is 14.9. The summed E-state index contributed by atoms with van der Waals surface area (Å²) in [5, 5.41) is 19.7. The predicted octanol–water partition coefficient (Wildman–Crippen LogP) is 0.884. The van der Waals surface area contributed by atoms with E-state index in [0.717, 1.165) is 25.8 Å². The Balaban J connectivity index is 1.51. The van der Waals surface area contributed by atoms with E-state index in [1.54, 1.807) is 6.92 Å². The number of rotatable bonds is 5. The van der Waals surface area contributed by atoms with Crippen LogP contribution in [0.2, 0.25) is 0 Å². The van der Waals surface area contributed by atoms with Gasteiger partial charge in [-0.1, -0.05) is 6.92 Å². The molecule has 0 radical (unpaired) electrons. The summed E-state index contributed by atoms with van der Waals surface area (Å²) >= 11 is 1.51. The van der Waals surface area contributed by atoms with Gasteiger partial charge in [-0.25, -0.2) is 4.79 Å². The Labute approximate surface area is 156 Å². The highest BCUT2D eigenvalue weighted by atomic mass is 32.2. The smallest absolute Gasteiger partial charge is 0.353 e. The minimum Gasteiger partial charge on any atom is -0.477 e. The van der Waals surface area contributed by atoms with Gasteiger partial charge in [0.05, 0.1) is 18.1 Å². The van der Waals surface area contributed by atoms with Gasteiger partial charge in [-0.15, -0.1) is 11.8 Å². The van der Waals surface area contributed by atoms with Gasteiger partial charge >= 0.3 is 5.97 Å². The molecule has 2 saturated heterocycles. The number of carboxylic acid groups (broad SMARTS) is 1. The van der Waals surface area contributed by atoms with Crippen LogP contribution in [0.5, 0.6) is 0 Å². The molecule has 3 aliphatic heterocycles. The fourth-order valence-electron chi connectivity index (χ4n) is 4.47. The molecule has 4 rings (SSSR count). The van der Waals surface area contributed by atoms with Crippen molar-refractivity contribution < 1.29 is 24.6 Å². The molecule has 8 heteroatoms. The first-order valence-corrected chi connectivity index (χ1v) is 10.1. The summed E-state index contributed by atoms with van der Waals surface area (Å²) in [5.41, 5.74) is 0.0707. The highest BCUT2D eigenvalue weighted by Crippen LogP contribution is 2.52. The van der Waals surface area contributed by atoms with E-state index in [9.17, 15) is 24.6 Å². The average Bonchev–Trinajstić information content (AvgIpc) is 3.26. The van der Waals surface area contributed by atoms with Gasteiger partial charge in [0.15, 0.2) is 0 Å². The number of nitrogens with zero attached hydrogens (tertiary/aromatic N) is 2. The van der Waals surface area contributed by atoms with Gasteiger partial charge in [-0.05, 0) is 26.2 Å². The molecule has 26 heavy (non-hydrogen) atoms. The van der Waals surface area contributed by atoms with Gasteiger partial charge in [0.2, 0.25) is 11.8 Å². The lowest BCUT2D eigenvalue weighted by molar-refractivity contribution is -0.163. The largest absolute Gasteiger partial charge is 0.477 e. The lowest BCUT2D eigenvalue weighted by Crippen LogP contribution is -2.63. The van der Waals surface area contributed by atoms with E-state index >= 15 is 0 Å². The molecular weight excluding hydrogens is 356 g/mol. The number of thioether (sulfide) groups is 1. The number of carboxylic acids is 1. The van der Waals surface area contributed by atoms with E-state index in [-0.39, 0.29) is 40.6 Å². The third-order valence-electron chi connectivity index (χ3n) is 5.99. The van der Waals surface area contributed by atoms with Gasteiger partial charge in [-0.3, -0.25) is 9.59 Å². The minimum absolute atomic E-state index is 0.0707. The molecule has 142 valence electrons. The molecule has 3 heterocycles. The van der Waals surface area contributed by atoms with Crippen LogP contribution in [0.4, 0.5) is 0 Å². The van der Waals surface area contributed by atoms with Crippen LogP contribution in [0.15, 0.2) is 10.6 Å². The SMILES string of the molecule is C[C@@H](O)[C@H]1C(=O)N2C(C(=O)O)=C(SC3CCN(C(=O)C4CC4)C3)[C@H](C)[C@H]12. The number of amides is 2. The summed E-state index contributed by atoms with van der Waals surface area (Å²) in [7, 11) is 0. The van der Waals surface area contributed by atoms with Crippen molar-refractivity contribution in [2.24, 2.45) is 17.8 Å². The molecule has 0 aromatic carbocycles. The lowest BCUT2D eigenvalue weighted by atomic mass is 9.79. The molecule has 0 bridgehead atoms. The normalized spacial score (nSPS) is 34.8. The molecule has 4 aliphatic rings. The van der Waals surface area contributed by atoms with Crippen LogP contribution < -0.4 is 0 Å². The molecule has 0 spiro atoms. The van der Waals surface area contributed by atoms with Crippen molar-refractivity contribution in [2.45, 2.75) is 50.5 Å². The first-order chi connectivity index (χ1) is 12.3. The first kappa shape index (κ1) is 17.9. The van der Waals surface area contributed by atoms with E-state index in [4.69, 9.17) is 0 Å². The molecule has 1 unspecified atom stereocenters. The molecular formula is C18H24N2O5S. The Hall–Kier alpha value is -1.54. The summed E-state index contributed by atoms with van der Waals surface area (Å²) in [6.45, 7) is 4.87. The Morgan fingerprint density at radius 2 is 1.96 bits per heavy atom. The highest BCUT2D eigenvalue weighted by Gasteiger charge is 2.60. The van der Waals surface area contributed by atoms with Gasteiger partial charge in [-0.2, -0.15) is 0 Å².